The summed E-state index contributed by atoms with van der Waals surface area (Å²) in [5, 5.41) is 0. The van der Waals surface area contributed by atoms with E-state index in [0.717, 1.165) is 28.4 Å². The van der Waals surface area contributed by atoms with Crippen molar-refractivity contribution < 1.29 is 8.98 Å². The normalized spacial score (nSPS) is 12.4. The Bertz CT molecular complexity index is 1070. The molecule has 2 heterocycles. The highest BCUT2D eigenvalue weighted by Crippen LogP contribution is 2.35. The predicted molar refractivity (Wildman–Crippen MR) is 101 cm³/mol. The number of para-hydroxylation sites is 2. The molecule has 2 aromatic heterocycles. The molecular weight excluding hydrogens is 310 g/mol. The minimum Gasteiger partial charge on any atom is -0.439 e. The summed E-state index contributed by atoms with van der Waals surface area (Å²) in [6, 6.07) is 12.6. The van der Waals surface area contributed by atoms with E-state index in [2.05, 4.69) is 87.3 Å². The van der Waals surface area contributed by atoms with E-state index < -0.39 is 0 Å². The number of hydrogen-bond acceptors (Lipinski definition) is 2. The maximum Gasteiger partial charge on any atom is 0.293 e. The molecule has 0 spiro atoms. The summed E-state index contributed by atoms with van der Waals surface area (Å²) < 4.78 is 10.7. The number of hydrogen-bond donors (Lipinski definition) is 0. The van der Waals surface area contributed by atoms with Gasteiger partial charge in [0.1, 0.15) is 11.1 Å². The summed E-state index contributed by atoms with van der Waals surface area (Å²) in [6.07, 6.45) is 0. The quantitative estimate of drug-likeness (QED) is 0.483. The molecule has 0 saturated heterocycles. The third kappa shape index (κ3) is 2.28. The number of benzene rings is 2. The van der Waals surface area contributed by atoms with Gasteiger partial charge in [-0.3, -0.25) is 0 Å². The molecule has 0 saturated carbocycles. The van der Waals surface area contributed by atoms with E-state index in [0.29, 0.717) is 0 Å². The second-order valence-electron chi connectivity index (χ2n) is 7.81. The zero-order valence-electron chi connectivity index (χ0n) is 15.7. The molecule has 4 nitrogen and oxygen atoms in total. The number of aromatic nitrogens is 3. The first kappa shape index (κ1) is 15.9. The van der Waals surface area contributed by atoms with Crippen molar-refractivity contribution in [3.63, 3.8) is 0 Å². The first-order valence-electron chi connectivity index (χ1n) is 8.63. The van der Waals surface area contributed by atoms with Crippen molar-refractivity contribution in [2.45, 2.75) is 33.1 Å². The largest absolute Gasteiger partial charge is 0.439 e. The van der Waals surface area contributed by atoms with Crippen LogP contribution in [0, 0.1) is 6.92 Å². The molecule has 4 rings (SSSR count). The number of rotatable bonds is 1. The molecule has 0 N–H and O–H groups in total. The van der Waals surface area contributed by atoms with Crippen molar-refractivity contribution in [3.8, 4) is 11.4 Å². The lowest BCUT2D eigenvalue weighted by molar-refractivity contribution is -0.634. The first-order chi connectivity index (χ1) is 11.8. The van der Waals surface area contributed by atoms with Crippen molar-refractivity contribution >= 4 is 22.1 Å². The van der Waals surface area contributed by atoms with Gasteiger partial charge in [0.15, 0.2) is 16.6 Å². The second-order valence-corrected chi connectivity index (χ2v) is 7.81. The van der Waals surface area contributed by atoms with Gasteiger partial charge in [0.25, 0.3) is 5.82 Å². The van der Waals surface area contributed by atoms with Gasteiger partial charge in [0.05, 0.1) is 14.1 Å². The topological polar surface area (TPSA) is 34.8 Å². The molecule has 4 aromatic rings. The van der Waals surface area contributed by atoms with Crippen molar-refractivity contribution in [1.29, 1.82) is 0 Å². The number of imidazole rings is 1. The van der Waals surface area contributed by atoms with E-state index >= 15 is 0 Å². The van der Waals surface area contributed by atoms with Crippen molar-refractivity contribution in [1.82, 2.24) is 9.55 Å². The van der Waals surface area contributed by atoms with E-state index in [1.165, 1.54) is 16.6 Å². The molecule has 0 bridgehead atoms. The van der Waals surface area contributed by atoms with Gasteiger partial charge in [-0.1, -0.05) is 39.0 Å². The van der Waals surface area contributed by atoms with E-state index in [-0.39, 0.29) is 5.41 Å². The molecule has 0 aliphatic carbocycles. The van der Waals surface area contributed by atoms with Gasteiger partial charge in [0.2, 0.25) is 5.89 Å². The predicted octanol–water partition coefficient (Wildman–Crippen LogP) is 4.42. The number of oxazole rings is 1. The second kappa shape index (κ2) is 5.19. The van der Waals surface area contributed by atoms with Crippen molar-refractivity contribution in [2.75, 3.05) is 0 Å². The van der Waals surface area contributed by atoms with Crippen LogP contribution in [0.5, 0.6) is 0 Å². The molecule has 4 heteroatoms. The molecule has 0 aliphatic heterocycles. The molecule has 128 valence electrons. The Kier molecular flexibility index (Phi) is 3.29. The fourth-order valence-corrected chi connectivity index (χ4v) is 3.51. The fraction of sp³-hybridized carbons (Fsp3) is 0.333. The maximum absolute atomic E-state index is 6.27. The van der Waals surface area contributed by atoms with Gasteiger partial charge < -0.3 is 4.42 Å². The lowest BCUT2D eigenvalue weighted by atomic mass is 9.97. The summed E-state index contributed by atoms with van der Waals surface area (Å²) >= 11 is 0. The maximum atomic E-state index is 6.27. The van der Waals surface area contributed by atoms with Crippen LogP contribution in [0.15, 0.2) is 40.8 Å². The van der Waals surface area contributed by atoms with Crippen LogP contribution in [-0.4, -0.2) is 9.55 Å². The Morgan fingerprint density at radius 3 is 2.48 bits per heavy atom. The number of nitrogens with zero attached hydrogens (tertiary/aromatic N) is 3. The lowest BCUT2D eigenvalue weighted by Gasteiger charge is -2.11. The van der Waals surface area contributed by atoms with Gasteiger partial charge in [0, 0.05) is 5.41 Å². The monoisotopic (exact) mass is 334 g/mol. The summed E-state index contributed by atoms with van der Waals surface area (Å²) in [5.41, 5.74) is 6.36. The van der Waals surface area contributed by atoms with Crippen LogP contribution in [-0.2, 0) is 19.5 Å². The van der Waals surface area contributed by atoms with Crippen LogP contribution < -0.4 is 4.57 Å². The average Bonchev–Trinajstić information content (AvgIpc) is 3.10. The third-order valence-corrected chi connectivity index (χ3v) is 4.87. The molecule has 0 unspecified atom stereocenters. The first-order valence-corrected chi connectivity index (χ1v) is 8.63. The Balaban J connectivity index is 2.11. The Morgan fingerprint density at radius 1 is 1.08 bits per heavy atom. The minimum absolute atomic E-state index is 0.120. The Labute approximate surface area is 147 Å². The van der Waals surface area contributed by atoms with Gasteiger partial charge in [-0.25, -0.2) is 14.1 Å². The van der Waals surface area contributed by atoms with Crippen LogP contribution >= 0.6 is 0 Å². The van der Waals surface area contributed by atoms with E-state index in [1.807, 2.05) is 0 Å². The van der Waals surface area contributed by atoms with Gasteiger partial charge in [-0.15, -0.1) is 0 Å². The number of fused-ring (bicyclic) bond motifs is 2. The van der Waals surface area contributed by atoms with Gasteiger partial charge >= 0.3 is 0 Å². The van der Waals surface area contributed by atoms with Crippen LogP contribution in [0.4, 0.5) is 0 Å². The molecule has 0 aliphatic rings. The molecule has 25 heavy (non-hydrogen) atoms. The highest BCUT2D eigenvalue weighted by molar-refractivity contribution is 5.91. The molecular formula is C21H24N3O+. The standard InChI is InChI=1S/C21H24N3O/c1-13-11-12-14-18(25-20(22-14)21(2,3)4)17(13)19-23(5)15-9-7-8-10-16(15)24(19)6/h7-12H,1-6H3/q+1. The Hall–Kier alpha value is -2.62. The third-order valence-electron chi connectivity index (χ3n) is 4.87. The van der Waals surface area contributed by atoms with Crippen LogP contribution in [0.1, 0.15) is 32.2 Å². The molecule has 0 atom stereocenters. The van der Waals surface area contributed by atoms with Gasteiger partial charge in [-0.05, 0) is 30.7 Å². The SMILES string of the molecule is Cc1ccc2nc(C(C)(C)C)oc2c1-c1n(C)c2ccccc2[n+]1C. The summed E-state index contributed by atoms with van der Waals surface area (Å²) in [5.74, 6) is 1.90. The molecule has 2 aromatic carbocycles. The van der Waals surface area contributed by atoms with E-state index in [4.69, 9.17) is 9.40 Å². The summed E-state index contributed by atoms with van der Waals surface area (Å²) in [4.78, 5) is 4.74. The molecule has 0 fully saturated rings. The Morgan fingerprint density at radius 2 is 1.80 bits per heavy atom. The summed E-state index contributed by atoms with van der Waals surface area (Å²) in [6.45, 7) is 8.51. The van der Waals surface area contributed by atoms with Crippen LogP contribution in [0.25, 0.3) is 33.5 Å². The number of aryl methyl sites for hydroxylation is 3. The summed E-state index contributed by atoms with van der Waals surface area (Å²) in [7, 11) is 4.22. The van der Waals surface area contributed by atoms with Gasteiger partial charge in [-0.2, -0.15) is 0 Å². The zero-order valence-corrected chi connectivity index (χ0v) is 15.7. The lowest BCUT2D eigenvalue weighted by Crippen LogP contribution is -2.30. The highest BCUT2D eigenvalue weighted by Gasteiger charge is 2.29. The zero-order chi connectivity index (χ0) is 17.9. The van der Waals surface area contributed by atoms with E-state index in [1.54, 1.807) is 0 Å². The van der Waals surface area contributed by atoms with E-state index in [9.17, 15) is 0 Å². The minimum atomic E-state index is -0.120. The van der Waals surface area contributed by atoms with Crippen molar-refractivity contribution in [2.24, 2.45) is 14.1 Å². The smallest absolute Gasteiger partial charge is 0.293 e. The van der Waals surface area contributed by atoms with Crippen LogP contribution in [0.3, 0.4) is 0 Å². The molecule has 0 amide bonds. The van der Waals surface area contributed by atoms with Crippen molar-refractivity contribution in [3.05, 3.63) is 47.9 Å². The molecule has 0 radical (unpaired) electrons. The highest BCUT2D eigenvalue weighted by atomic mass is 16.3. The average molecular weight is 334 g/mol. The van der Waals surface area contributed by atoms with Crippen LogP contribution in [0.2, 0.25) is 0 Å². The fourth-order valence-electron chi connectivity index (χ4n) is 3.51.